The van der Waals surface area contributed by atoms with E-state index in [9.17, 15) is 9.59 Å². The van der Waals surface area contributed by atoms with E-state index in [0.29, 0.717) is 35.0 Å². The molecule has 0 aliphatic carbocycles. The number of nitrogens with two attached hydrogens (primary N) is 1. The number of nitrogens with one attached hydrogen (secondary N) is 1. The summed E-state index contributed by atoms with van der Waals surface area (Å²) in [4.78, 5) is 29.0. The summed E-state index contributed by atoms with van der Waals surface area (Å²) in [5.41, 5.74) is 7.58. The van der Waals surface area contributed by atoms with Crippen molar-refractivity contribution in [1.29, 1.82) is 0 Å². The van der Waals surface area contributed by atoms with Crippen molar-refractivity contribution >= 4 is 40.2 Å². The molecule has 0 atom stereocenters. The Bertz CT molecular complexity index is 886. The van der Waals surface area contributed by atoms with Crippen molar-refractivity contribution in [3.05, 3.63) is 46.2 Å². The zero-order valence-corrected chi connectivity index (χ0v) is 13.8. The van der Waals surface area contributed by atoms with Crippen LogP contribution in [-0.4, -0.2) is 35.1 Å². The van der Waals surface area contributed by atoms with Gasteiger partial charge in [0, 0.05) is 18.7 Å². The van der Waals surface area contributed by atoms with Gasteiger partial charge in [0.2, 0.25) is 11.7 Å². The van der Waals surface area contributed by atoms with Crippen LogP contribution in [0.25, 0.3) is 11.0 Å². The Morgan fingerprint density at radius 2 is 2.21 bits per heavy atom. The van der Waals surface area contributed by atoms with Crippen molar-refractivity contribution in [3.8, 4) is 0 Å². The molecule has 0 aliphatic rings. The molecule has 8 heteroatoms. The Labute approximate surface area is 142 Å². The molecule has 0 radical (unpaired) electrons. The lowest BCUT2D eigenvalue weighted by atomic mass is 10.1. The van der Waals surface area contributed by atoms with Gasteiger partial charge < -0.3 is 15.0 Å². The molecule has 0 fully saturated rings. The van der Waals surface area contributed by atoms with Gasteiger partial charge in [-0.1, -0.05) is 6.07 Å². The molecule has 0 aliphatic heterocycles. The molecule has 2 aromatic heterocycles. The van der Waals surface area contributed by atoms with E-state index in [0.717, 1.165) is 5.52 Å². The van der Waals surface area contributed by atoms with Crippen LogP contribution in [0, 0.1) is 0 Å². The normalized spacial score (nSPS) is 10.8. The van der Waals surface area contributed by atoms with Gasteiger partial charge in [-0.25, -0.2) is 9.78 Å². The Morgan fingerprint density at radius 1 is 1.38 bits per heavy atom. The molecular weight excluding hydrogens is 328 g/mol. The molecule has 3 aromatic rings. The lowest BCUT2D eigenvalue weighted by molar-refractivity contribution is 0.104. The minimum atomic E-state index is -0.613. The number of thiophene rings is 1. The molecule has 0 unspecified atom stereocenters. The first kappa shape index (κ1) is 16.2. The number of carbonyl (C=O) groups is 2. The second kappa shape index (κ2) is 6.81. The minimum Gasteiger partial charge on any atom is -0.453 e. The van der Waals surface area contributed by atoms with Crippen molar-refractivity contribution in [3.63, 3.8) is 0 Å². The van der Waals surface area contributed by atoms with Crippen LogP contribution >= 0.6 is 11.3 Å². The lowest BCUT2D eigenvalue weighted by Gasteiger charge is -2.07. The van der Waals surface area contributed by atoms with Gasteiger partial charge in [-0.15, -0.1) is 11.3 Å². The molecule has 0 saturated carbocycles. The highest BCUT2D eigenvalue weighted by molar-refractivity contribution is 7.12. The molecule has 24 heavy (non-hydrogen) atoms. The summed E-state index contributed by atoms with van der Waals surface area (Å²) in [6.45, 7) is 0.866. The number of aromatic nitrogens is 2. The first-order valence-corrected chi connectivity index (χ1v) is 8.15. The Balaban J connectivity index is 2.03. The van der Waals surface area contributed by atoms with Crippen molar-refractivity contribution in [2.45, 2.75) is 6.54 Å². The minimum absolute atomic E-state index is 0.0530. The molecule has 0 spiro atoms. The van der Waals surface area contributed by atoms with Crippen molar-refractivity contribution in [2.75, 3.05) is 19.0 Å². The van der Waals surface area contributed by atoms with E-state index in [1.807, 2.05) is 11.4 Å². The smallest absolute Gasteiger partial charge is 0.413 e. The number of anilines is 1. The molecule has 0 bridgehead atoms. The Kier molecular flexibility index (Phi) is 4.59. The number of nitrogens with zero attached hydrogens (tertiary/aromatic N) is 2. The summed E-state index contributed by atoms with van der Waals surface area (Å²) < 4.78 is 6.39. The van der Waals surface area contributed by atoms with Gasteiger partial charge in [-0.3, -0.25) is 10.1 Å². The zero-order valence-electron chi connectivity index (χ0n) is 13.0. The molecular formula is C16H16N4O3S. The SMILES string of the molecule is COC(=O)Nc1nc2cc(C(=O)c3cccs3)ccc2n1CCN. The van der Waals surface area contributed by atoms with E-state index in [1.165, 1.54) is 18.4 Å². The van der Waals surface area contributed by atoms with E-state index in [1.54, 1.807) is 28.8 Å². The molecule has 3 rings (SSSR count). The second-order valence-corrected chi connectivity index (χ2v) is 5.95. The zero-order chi connectivity index (χ0) is 17.1. The number of amides is 1. The monoisotopic (exact) mass is 344 g/mol. The third-order valence-electron chi connectivity index (χ3n) is 3.51. The van der Waals surface area contributed by atoms with E-state index in [2.05, 4.69) is 15.0 Å². The molecule has 0 saturated heterocycles. The highest BCUT2D eigenvalue weighted by Gasteiger charge is 2.16. The van der Waals surface area contributed by atoms with E-state index < -0.39 is 6.09 Å². The first-order chi connectivity index (χ1) is 11.6. The van der Waals surface area contributed by atoms with Crippen LogP contribution in [0.15, 0.2) is 35.7 Å². The van der Waals surface area contributed by atoms with E-state index in [4.69, 9.17) is 5.73 Å². The van der Waals surface area contributed by atoms with Crippen molar-refractivity contribution in [1.82, 2.24) is 9.55 Å². The maximum atomic E-state index is 12.5. The number of imidazole rings is 1. The maximum Gasteiger partial charge on any atom is 0.413 e. The standard InChI is InChI=1S/C16H16N4O3S/c1-23-16(22)19-15-18-11-9-10(14(21)13-3-2-8-24-13)4-5-12(11)20(15)7-6-17/h2-5,8-9H,6-7,17H2,1H3,(H,18,19,22). The Hall–Kier alpha value is -2.71. The molecule has 7 nitrogen and oxygen atoms in total. The van der Waals surface area contributed by atoms with Gasteiger partial charge in [0.05, 0.1) is 23.0 Å². The van der Waals surface area contributed by atoms with Crippen LogP contribution in [0.1, 0.15) is 15.2 Å². The highest BCUT2D eigenvalue weighted by atomic mass is 32.1. The second-order valence-electron chi connectivity index (χ2n) is 5.00. The number of ketones is 1. The number of methoxy groups -OCH3 is 1. The molecule has 2 heterocycles. The summed E-state index contributed by atoms with van der Waals surface area (Å²) in [6, 6.07) is 8.90. The van der Waals surface area contributed by atoms with Crippen LogP contribution in [0.5, 0.6) is 0 Å². The molecule has 3 N–H and O–H groups in total. The number of fused-ring (bicyclic) bond motifs is 1. The summed E-state index contributed by atoms with van der Waals surface area (Å²) in [6.07, 6.45) is -0.613. The summed E-state index contributed by atoms with van der Waals surface area (Å²) >= 11 is 1.39. The van der Waals surface area contributed by atoms with Gasteiger partial charge in [0.1, 0.15) is 0 Å². The predicted molar refractivity (Wildman–Crippen MR) is 92.6 cm³/mol. The fourth-order valence-electron chi connectivity index (χ4n) is 2.41. The van der Waals surface area contributed by atoms with Crippen LogP contribution in [0.4, 0.5) is 10.7 Å². The number of carbonyl (C=O) groups excluding carboxylic acids is 2. The number of hydrogen-bond acceptors (Lipinski definition) is 6. The average molecular weight is 344 g/mol. The fourth-order valence-corrected chi connectivity index (χ4v) is 3.10. The number of hydrogen-bond donors (Lipinski definition) is 2. The maximum absolute atomic E-state index is 12.5. The number of benzene rings is 1. The fraction of sp³-hybridized carbons (Fsp3) is 0.188. The summed E-state index contributed by atoms with van der Waals surface area (Å²) in [5, 5.41) is 4.42. The average Bonchev–Trinajstić information content (AvgIpc) is 3.23. The quantitative estimate of drug-likeness (QED) is 0.693. The van der Waals surface area contributed by atoms with E-state index >= 15 is 0 Å². The van der Waals surface area contributed by atoms with Gasteiger partial charge in [0.25, 0.3) is 0 Å². The first-order valence-electron chi connectivity index (χ1n) is 7.27. The van der Waals surface area contributed by atoms with Gasteiger partial charge >= 0.3 is 6.09 Å². The van der Waals surface area contributed by atoms with E-state index in [-0.39, 0.29) is 5.78 Å². The summed E-state index contributed by atoms with van der Waals surface area (Å²) in [7, 11) is 1.28. The third kappa shape index (κ3) is 3.01. The molecule has 124 valence electrons. The van der Waals surface area contributed by atoms with Crippen LogP contribution in [0.2, 0.25) is 0 Å². The summed E-state index contributed by atoms with van der Waals surface area (Å²) in [5.74, 6) is 0.283. The Morgan fingerprint density at radius 3 is 2.88 bits per heavy atom. The predicted octanol–water partition coefficient (Wildman–Crippen LogP) is 2.47. The molecule has 1 aromatic carbocycles. The number of ether oxygens (including phenoxy) is 1. The van der Waals surface area contributed by atoms with Crippen LogP contribution < -0.4 is 11.1 Å². The van der Waals surface area contributed by atoms with Crippen LogP contribution in [-0.2, 0) is 11.3 Å². The van der Waals surface area contributed by atoms with Gasteiger partial charge in [-0.2, -0.15) is 0 Å². The lowest BCUT2D eigenvalue weighted by Crippen LogP contribution is -2.18. The topological polar surface area (TPSA) is 99.2 Å². The van der Waals surface area contributed by atoms with Crippen molar-refractivity contribution in [2.24, 2.45) is 5.73 Å². The van der Waals surface area contributed by atoms with Gasteiger partial charge in [0.15, 0.2) is 0 Å². The number of rotatable bonds is 5. The van der Waals surface area contributed by atoms with Gasteiger partial charge in [-0.05, 0) is 29.6 Å². The van der Waals surface area contributed by atoms with Crippen LogP contribution in [0.3, 0.4) is 0 Å². The third-order valence-corrected chi connectivity index (χ3v) is 4.38. The largest absolute Gasteiger partial charge is 0.453 e. The van der Waals surface area contributed by atoms with Crippen molar-refractivity contribution < 1.29 is 14.3 Å². The highest BCUT2D eigenvalue weighted by Crippen LogP contribution is 2.23. The molecule has 1 amide bonds.